The molecule has 0 fully saturated rings. The summed E-state index contributed by atoms with van der Waals surface area (Å²) >= 11 is 7.10. The number of rotatable bonds is 7. The van der Waals surface area contributed by atoms with Crippen LogP contribution in [0.1, 0.15) is 29.4 Å². The van der Waals surface area contributed by atoms with Gasteiger partial charge in [-0.1, -0.05) is 13.3 Å². The predicted octanol–water partition coefficient (Wildman–Crippen LogP) is 3.14. The van der Waals surface area contributed by atoms with Gasteiger partial charge in [0.25, 0.3) is 5.91 Å². The number of carbonyl (C=O) groups is 1. The molecule has 1 heterocycles. The van der Waals surface area contributed by atoms with Crippen LogP contribution >= 0.6 is 22.9 Å². The van der Waals surface area contributed by atoms with Gasteiger partial charge in [0.15, 0.2) is 0 Å². The molecule has 1 unspecified atom stereocenters. The van der Waals surface area contributed by atoms with Crippen LogP contribution in [0, 0.1) is 5.92 Å². The van der Waals surface area contributed by atoms with Gasteiger partial charge in [-0.25, -0.2) is 0 Å². The highest BCUT2D eigenvalue weighted by Gasteiger charge is 2.15. The van der Waals surface area contributed by atoms with Crippen LogP contribution in [0.3, 0.4) is 0 Å². The van der Waals surface area contributed by atoms with E-state index in [9.17, 15) is 4.79 Å². The summed E-state index contributed by atoms with van der Waals surface area (Å²) in [7, 11) is 1.57. The molecule has 0 saturated heterocycles. The molecule has 0 aliphatic carbocycles. The molecule has 3 nitrogen and oxygen atoms in total. The quantitative estimate of drug-likeness (QED) is 0.777. The Kier molecular flexibility index (Phi) is 6.37. The predicted molar refractivity (Wildman–Crippen MR) is 72.3 cm³/mol. The second kappa shape index (κ2) is 7.56. The van der Waals surface area contributed by atoms with E-state index >= 15 is 0 Å². The minimum absolute atomic E-state index is 0.0649. The van der Waals surface area contributed by atoms with Crippen molar-refractivity contribution in [3.63, 3.8) is 0 Å². The third kappa shape index (κ3) is 4.21. The monoisotopic (exact) mass is 275 g/mol. The van der Waals surface area contributed by atoms with Gasteiger partial charge in [0.1, 0.15) is 10.6 Å². The van der Waals surface area contributed by atoms with Gasteiger partial charge >= 0.3 is 0 Å². The van der Waals surface area contributed by atoms with E-state index in [1.807, 2.05) is 5.38 Å². The highest BCUT2D eigenvalue weighted by atomic mass is 35.5. The Morgan fingerprint density at radius 1 is 1.65 bits per heavy atom. The highest BCUT2D eigenvalue weighted by Crippen LogP contribution is 2.24. The first-order valence-corrected chi connectivity index (χ1v) is 7.10. The lowest BCUT2D eigenvalue weighted by Gasteiger charge is -2.14. The SMILES string of the molecule is CCC(CCCl)CNC(=O)c1sccc1OC. The van der Waals surface area contributed by atoms with Crippen molar-refractivity contribution in [2.24, 2.45) is 5.92 Å². The van der Waals surface area contributed by atoms with E-state index in [1.54, 1.807) is 13.2 Å². The number of hydrogen-bond acceptors (Lipinski definition) is 3. The fourth-order valence-electron chi connectivity index (χ4n) is 1.55. The molecule has 5 heteroatoms. The Hall–Kier alpha value is -0.740. The molecule has 0 spiro atoms. The van der Waals surface area contributed by atoms with Crippen LogP contribution in [0.4, 0.5) is 0 Å². The molecule has 1 N–H and O–H groups in total. The lowest BCUT2D eigenvalue weighted by molar-refractivity contribution is 0.0948. The summed E-state index contributed by atoms with van der Waals surface area (Å²) in [4.78, 5) is 12.5. The summed E-state index contributed by atoms with van der Waals surface area (Å²) in [6.07, 6.45) is 1.95. The number of thiophene rings is 1. The largest absolute Gasteiger partial charge is 0.495 e. The fraction of sp³-hybridized carbons (Fsp3) is 0.583. The molecule has 0 bridgehead atoms. The van der Waals surface area contributed by atoms with Crippen molar-refractivity contribution in [1.29, 1.82) is 0 Å². The molecule has 0 saturated carbocycles. The van der Waals surface area contributed by atoms with E-state index in [1.165, 1.54) is 11.3 Å². The number of nitrogens with one attached hydrogen (secondary N) is 1. The van der Waals surface area contributed by atoms with Crippen molar-refractivity contribution in [3.8, 4) is 5.75 Å². The van der Waals surface area contributed by atoms with E-state index in [0.29, 0.717) is 29.0 Å². The van der Waals surface area contributed by atoms with Crippen LogP contribution in [0.2, 0.25) is 0 Å². The molecule has 1 atom stereocenters. The number of methoxy groups -OCH3 is 1. The molecule has 0 aromatic carbocycles. The number of amides is 1. The van der Waals surface area contributed by atoms with Gasteiger partial charge in [0, 0.05) is 12.4 Å². The van der Waals surface area contributed by atoms with E-state index in [2.05, 4.69) is 12.2 Å². The van der Waals surface area contributed by atoms with Gasteiger partial charge in [-0.05, 0) is 23.8 Å². The van der Waals surface area contributed by atoms with Crippen LogP contribution in [-0.4, -0.2) is 25.4 Å². The first kappa shape index (κ1) is 14.3. The maximum absolute atomic E-state index is 11.9. The van der Waals surface area contributed by atoms with Gasteiger partial charge < -0.3 is 10.1 Å². The number of carbonyl (C=O) groups excluding carboxylic acids is 1. The highest BCUT2D eigenvalue weighted by molar-refractivity contribution is 7.12. The van der Waals surface area contributed by atoms with Gasteiger partial charge in [-0.15, -0.1) is 22.9 Å². The minimum atomic E-state index is -0.0649. The van der Waals surface area contributed by atoms with Crippen molar-refractivity contribution in [2.45, 2.75) is 19.8 Å². The molecule has 0 aliphatic heterocycles. The number of hydrogen-bond donors (Lipinski definition) is 1. The number of alkyl halides is 1. The van der Waals surface area contributed by atoms with Crippen LogP contribution in [0.25, 0.3) is 0 Å². The molecule has 17 heavy (non-hydrogen) atoms. The first-order valence-electron chi connectivity index (χ1n) is 5.68. The van der Waals surface area contributed by atoms with Gasteiger partial charge in [-0.2, -0.15) is 0 Å². The minimum Gasteiger partial charge on any atom is -0.495 e. The van der Waals surface area contributed by atoms with Crippen LogP contribution in [0.5, 0.6) is 5.75 Å². The summed E-state index contributed by atoms with van der Waals surface area (Å²) in [6.45, 7) is 2.78. The van der Waals surface area contributed by atoms with E-state index in [4.69, 9.17) is 16.3 Å². The standard InChI is InChI=1S/C12H18ClNO2S/c1-3-9(4-6-13)8-14-12(15)11-10(16-2)5-7-17-11/h5,7,9H,3-4,6,8H2,1-2H3,(H,14,15). The van der Waals surface area contributed by atoms with E-state index in [0.717, 1.165) is 12.8 Å². The summed E-state index contributed by atoms with van der Waals surface area (Å²) in [5, 5.41) is 4.78. The summed E-state index contributed by atoms with van der Waals surface area (Å²) in [5.41, 5.74) is 0. The molecule has 1 rings (SSSR count). The van der Waals surface area contributed by atoms with E-state index in [-0.39, 0.29) is 5.91 Å². The molecular weight excluding hydrogens is 258 g/mol. The molecule has 96 valence electrons. The number of ether oxygens (including phenoxy) is 1. The summed E-state index contributed by atoms with van der Waals surface area (Å²) in [6, 6.07) is 1.80. The molecule has 1 aromatic rings. The molecule has 1 amide bonds. The Balaban J connectivity index is 2.49. The van der Waals surface area contributed by atoms with Crippen molar-refractivity contribution in [3.05, 3.63) is 16.3 Å². The maximum Gasteiger partial charge on any atom is 0.265 e. The Bertz CT molecular complexity index is 354. The summed E-state index contributed by atoms with van der Waals surface area (Å²) in [5.74, 6) is 1.65. The lowest BCUT2D eigenvalue weighted by atomic mass is 10.0. The zero-order chi connectivity index (χ0) is 12.7. The molecule has 0 aliphatic rings. The van der Waals surface area contributed by atoms with Crippen molar-refractivity contribution in [2.75, 3.05) is 19.5 Å². The van der Waals surface area contributed by atoms with Crippen LogP contribution < -0.4 is 10.1 Å². The molecule has 0 radical (unpaired) electrons. The lowest BCUT2D eigenvalue weighted by Crippen LogP contribution is -2.29. The van der Waals surface area contributed by atoms with E-state index < -0.39 is 0 Å². The third-order valence-corrected chi connectivity index (χ3v) is 3.81. The Morgan fingerprint density at radius 3 is 3.00 bits per heavy atom. The van der Waals surface area contributed by atoms with Crippen molar-refractivity contribution in [1.82, 2.24) is 5.32 Å². The third-order valence-electron chi connectivity index (χ3n) is 2.70. The van der Waals surface area contributed by atoms with Gasteiger partial charge in [0.05, 0.1) is 7.11 Å². The van der Waals surface area contributed by atoms with Crippen molar-refractivity contribution >= 4 is 28.8 Å². The Labute approximate surface area is 111 Å². The average molecular weight is 276 g/mol. The smallest absolute Gasteiger partial charge is 0.265 e. The van der Waals surface area contributed by atoms with Crippen LogP contribution in [0.15, 0.2) is 11.4 Å². The first-order chi connectivity index (χ1) is 8.22. The van der Waals surface area contributed by atoms with Crippen molar-refractivity contribution < 1.29 is 9.53 Å². The zero-order valence-electron chi connectivity index (χ0n) is 10.2. The normalized spacial score (nSPS) is 12.2. The maximum atomic E-state index is 11.9. The van der Waals surface area contributed by atoms with Gasteiger partial charge in [-0.3, -0.25) is 4.79 Å². The second-order valence-corrected chi connectivity index (χ2v) is 5.07. The van der Waals surface area contributed by atoms with Gasteiger partial charge in [0.2, 0.25) is 0 Å². The number of halogens is 1. The summed E-state index contributed by atoms with van der Waals surface area (Å²) < 4.78 is 5.12. The average Bonchev–Trinajstić information content (AvgIpc) is 2.82. The van der Waals surface area contributed by atoms with Crippen LogP contribution in [-0.2, 0) is 0 Å². The Morgan fingerprint density at radius 2 is 2.41 bits per heavy atom. The zero-order valence-corrected chi connectivity index (χ0v) is 11.7. The molecular formula is C12H18ClNO2S. The fourth-order valence-corrected chi connectivity index (χ4v) is 2.63. The second-order valence-electron chi connectivity index (χ2n) is 3.78. The molecule has 1 aromatic heterocycles. The topological polar surface area (TPSA) is 38.3 Å².